The van der Waals surface area contributed by atoms with E-state index in [2.05, 4.69) is 13.8 Å². The van der Waals surface area contributed by atoms with Gasteiger partial charge in [0.25, 0.3) is 0 Å². The molecule has 1 rings (SSSR count). The van der Waals surface area contributed by atoms with Gasteiger partial charge in [0, 0.05) is 0 Å². The fourth-order valence-electron chi connectivity index (χ4n) is 3.29. The second-order valence-electron chi connectivity index (χ2n) is 7.49. The van der Waals surface area contributed by atoms with Crippen molar-refractivity contribution in [2.75, 3.05) is 6.61 Å². The molecule has 0 fully saturated rings. The largest absolute Gasteiger partial charge is 0.464 e. The van der Waals surface area contributed by atoms with Crippen molar-refractivity contribution >= 4 is 5.97 Å². The van der Waals surface area contributed by atoms with Gasteiger partial charge in [-0.25, -0.2) is 0 Å². The maximum atomic E-state index is 12.3. The Hall–Kier alpha value is -1.35. The first kappa shape index (κ1) is 22.7. The summed E-state index contributed by atoms with van der Waals surface area (Å²) in [5, 5.41) is 0. The van der Waals surface area contributed by atoms with Crippen LogP contribution in [0.25, 0.3) is 0 Å². The average molecular weight is 362 g/mol. The Bertz CT molecular complexity index is 449. The monoisotopic (exact) mass is 361 g/mol. The smallest absolute Gasteiger partial charge is 0.323 e. The average Bonchev–Trinajstić information content (AvgIpc) is 2.66. The Morgan fingerprint density at radius 2 is 1.50 bits per heavy atom. The Balaban J connectivity index is 2.37. The van der Waals surface area contributed by atoms with Gasteiger partial charge in [0.05, 0.1) is 6.61 Å². The SMILES string of the molecule is CCCCCCC(CCCCCC)COC(=O)[C@@H](N)Cc1ccccc1. The van der Waals surface area contributed by atoms with Gasteiger partial charge in [-0.1, -0.05) is 95.5 Å². The molecule has 3 heteroatoms. The van der Waals surface area contributed by atoms with Crippen LogP contribution in [0, 0.1) is 5.92 Å². The molecule has 0 radical (unpaired) electrons. The second kappa shape index (κ2) is 14.8. The van der Waals surface area contributed by atoms with Crippen LogP contribution in [0.1, 0.15) is 83.6 Å². The zero-order chi connectivity index (χ0) is 19.0. The number of rotatable bonds is 15. The Morgan fingerprint density at radius 3 is 2.04 bits per heavy atom. The standard InChI is InChI=1S/C23H39NO2/c1-3-5-7-10-16-21(17-11-8-6-4-2)19-26-23(25)22(24)18-20-14-12-9-13-15-20/h9,12-15,21-22H,3-8,10-11,16-19,24H2,1-2H3/t22-/m0/s1. The number of hydrogen-bond donors (Lipinski definition) is 1. The van der Waals surface area contributed by atoms with Crippen LogP contribution in [0.4, 0.5) is 0 Å². The summed E-state index contributed by atoms with van der Waals surface area (Å²) >= 11 is 0. The third-order valence-corrected chi connectivity index (χ3v) is 4.99. The van der Waals surface area contributed by atoms with Crippen LogP contribution in [0.15, 0.2) is 30.3 Å². The molecule has 0 bridgehead atoms. The van der Waals surface area contributed by atoms with E-state index in [0.717, 1.165) is 18.4 Å². The first-order chi connectivity index (χ1) is 12.7. The van der Waals surface area contributed by atoms with E-state index in [1.807, 2.05) is 30.3 Å². The van der Waals surface area contributed by atoms with Crippen molar-refractivity contribution in [3.8, 4) is 0 Å². The van der Waals surface area contributed by atoms with Crippen LogP contribution in [-0.2, 0) is 16.0 Å². The quantitative estimate of drug-likeness (QED) is 0.324. The molecule has 148 valence electrons. The lowest BCUT2D eigenvalue weighted by molar-refractivity contribution is -0.146. The zero-order valence-electron chi connectivity index (χ0n) is 16.9. The summed E-state index contributed by atoms with van der Waals surface area (Å²) < 4.78 is 5.59. The number of carbonyl (C=O) groups excluding carboxylic acids is 1. The summed E-state index contributed by atoms with van der Waals surface area (Å²) in [5.74, 6) is 0.220. The van der Waals surface area contributed by atoms with Gasteiger partial charge in [-0.05, 0) is 30.7 Å². The van der Waals surface area contributed by atoms with E-state index >= 15 is 0 Å². The number of ether oxygens (including phenoxy) is 1. The number of benzene rings is 1. The molecule has 26 heavy (non-hydrogen) atoms. The Morgan fingerprint density at radius 1 is 0.923 bits per heavy atom. The molecule has 1 atom stereocenters. The molecule has 2 N–H and O–H groups in total. The molecule has 0 heterocycles. The second-order valence-corrected chi connectivity index (χ2v) is 7.49. The first-order valence-corrected chi connectivity index (χ1v) is 10.6. The van der Waals surface area contributed by atoms with E-state index in [1.165, 1.54) is 51.4 Å². The normalized spacial score (nSPS) is 12.3. The third kappa shape index (κ3) is 10.6. The Kier molecular flexibility index (Phi) is 12.9. The summed E-state index contributed by atoms with van der Waals surface area (Å²) in [7, 11) is 0. The van der Waals surface area contributed by atoms with Gasteiger partial charge in [-0.2, -0.15) is 0 Å². The minimum atomic E-state index is -0.571. The minimum Gasteiger partial charge on any atom is -0.464 e. The predicted octanol–water partition coefficient (Wildman–Crippen LogP) is 5.66. The third-order valence-electron chi connectivity index (χ3n) is 4.99. The molecule has 0 saturated carbocycles. The van der Waals surface area contributed by atoms with E-state index in [0.29, 0.717) is 18.9 Å². The van der Waals surface area contributed by atoms with Gasteiger partial charge >= 0.3 is 5.97 Å². The minimum absolute atomic E-state index is 0.263. The van der Waals surface area contributed by atoms with Crippen molar-refractivity contribution in [3.63, 3.8) is 0 Å². The topological polar surface area (TPSA) is 52.3 Å². The lowest BCUT2D eigenvalue weighted by atomic mass is 9.95. The van der Waals surface area contributed by atoms with Crippen molar-refractivity contribution in [1.82, 2.24) is 0 Å². The highest BCUT2D eigenvalue weighted by atomic mass is 16.5. The molecular formula is C23H39NO2. The van der Waals surface area contributed by atoms with Crippen LogP contribution in [0.5, 0.6) is 0 Å². The van der Waals surface area contributed by atoms with Crippen LogP contribution in [-0.4, -0.2) is 18.6 Å². The molecule has 0 aliphatic rings. The molecule has 0 aliphatic heterocycles. The summed E-state index contributed by atoms with van der Waals surface area (Å²) in [6.07, 6.45) is 13.0. The van der Waals surface area contributed by atoms with Gasteiger partial charge in [-0.3, -0.25) is 4.79 Å². The molecule has 1 aromatic rings. The lowest BCUT2D eigenvalue weighted by Crippen LogP contribution is -2.35. The maximum Gasteiger partial charge on any atom is 0.323 e. The number of hydrogen-bond acceptors (Lipinski definition) is 3. The van der Waals surface area contributed by atoms with Gasteiger partial charge in [0.15, 0.2) is 0 Å². The maximum absolute atomic E-state index is 12.3. The molecule has 0 saturated heterocycles. The molecule has 0 aromatic heterocycles. The molecule has 0 spiro atoms. The number of nitrogens with two attached hydrogens (primary N) is 1. The van der Waals surface area contributed by atoms with E-state index in [-0.39, 0.29) is 5.97 Å². The van der Waals surface area contributed by atoms with Gasteiger partial charge in [0.1, 0.15) is 6.04 Å². The van der Waals surface area contributed by atoms with Crippen LogP contribution >= 0.6 is 0 Å². The fraction of sp³-hybridized carbons (Fsp3) is 0.696. The van der Waals surface area contributed by atoms with Crippen LogP contribution < -0.4 is 5.73 Å². The van der Waals surface area contributed by atoms with Crippen molar-refractivity contribution in [2.24, 2.45) is 11.7 Å². The Labute approximate surface area is 160 Å². The first-order valence-electron chi connectivity index (χ1n) is 10.6. The van der Waals surface area contributed by atoms with Gasteiger partial charge < -0.3 is 10.5 Å². The van der Waals surface area contributed by atoms with Crippen molar-refractivity contribution in [1.29, 1.82) is 0 Å². The fourth-order valence-corrected chi connectivity index (χ4v) is 3.29. The number of unbranched alkanes of at least 4 members (excludes halogenated alkanes) is 6. The van der Waals surface area contributed by atoms with E-state index in [9.17, 15) is 4.79 Å². The number of carbonyl (C=O) groups is 1. The van der Waals surface area contributed by atoms with E-state index in [1.54, 1.807) is 0 Å². The van der Waals surface area contributed by atoms with E-state index in [4.69, 9.17) is 10.5 Å². The summed E-state index contributed by atoms with van der Waals surface area (Å²) in [5.41, 5.74) is 7.12. The highest BCUT2D eigenvalue weighted by Gasteiger charge is 2.18. The highest BCUT2D eigenvalue weighted by molar-refractivity contribution is 5.75. The molecule has 3 nitrogen and oxygen atoms in total. The summed E-state index contributed by atoms with van der Waals surface area (Å²) in [6.45, 7) is 5.00. The molecule has 0 aliphatic carbocycles. The zero-order valence-corrected chi connectivity index (χ0v) is 16.9. The summed E-state index contributed by atoms with van der Waals surface area (Å²) in [4.78, 5) is 12.3. The molecular weight excluding hydrogens is 322 g/mol. The highest BCUT2D eigenvalue weighted by Crippen LogP contribution is 2.19. The van der Waals surface area contributed by atoms with Crippen molar-refractivity contribution in [3.05, 3.63) is 35.9 Å². The van der Waals surface area contributed by atoms with Gasteiger partial charge in [0.2, 0.25) is 0 Å². The van der Waals surface area contributed by atoms with Crippen LogP contribution in [0.2, 0.25) is 0 Å². The molecule has 0 amide bonds. The molecule has 0 unspecified atom stereocenters. The van der Waals surface area contributed by atoms with E-state index < -0.39 is 6.04 Å². The molecule has 1 aromatic carbocycles. The summed E-state index contributed by atoms with van der Waals surface area (Å²) in [6, 6.07) is 9.33. The van der Waals surface area contributed by atoms with Crippen molar-refractivity contribution < 1.29 is 9.53 Å². The van der Waals surface area contributed by atoms with Gasteiger partial charge in [-0.15, -0.1) is 0 Å². The predicted molar refractivity (Wildman–Crippen MR) is 110 cm³/mol. The van der Waals surface area contributed by atoms with Crippen LogP contribution in [0.3, 0.4) is 0 Å². The lowest BCUT2D eigenvalue weighted by Gasteiger charge is -2.19. The van der Waals surface area contributed by atoms with Crippen molar-refractivity contribution in [2.45, 2.75) is 90.5 Å². The number of esters is 1.